The van der Waals surface area contributed by atoms with Crippen LogP contribution in [0.2, 0.25) is 0 Å². The third-order valence-corrected chi connectivity index (χ3v) is 5.21. The van der Waals surface area contributed by atoms with Crippen molar-refractivity contribution < 1.29 is 13.9 Å². The Labute approximate surface area is 178 Å². The van der Waals surface area contributed by atoms with Crippen LogP contribution in [0.3, 0.4) is 0 Å². The fraction of sp³-hybridized carbons (Fsp3) is 0.136. The molecule has 0 saturated heterocycles. The van der Waals surface area contributed by atoms with Crippen LogP contribution in [-0.4, -0.2) is 26.4 Å². The van der Waals surface area contributed by atoms with Gasteiger partial charge in [-0.15, -0.1) is 10.2 Å². The molecule has 0 fully saturated rings. The van der Waals surface area contributed by atoms with Crippen LogP contribution in [0.5, 0.6) is 11.5 Å². The standard InChI is InChI=1S/C22H20N4O3S/c1-2-26-21(19-13-8-14-28-19)24-25-22(26)30-15-20(27)23-17-11-6-7-12-18(17)29-16-9-4-3-5-10-16/h3-14H,2,15H2,1H3,(H,23,27). The minimum absolute atomic E-state index is 0.158. The number of nitrogens with one attached hydrogen (secondary N) is 1. The van der Waals surface area contributed by atoms with Gasteiger partial charge in [0.05, 0.1) is 17.7 Å². The Hall–Kier alpha value is -3.52. The van der Waals surface area contributed by atoms with Gasteiger partial charge in [0.1, 0.15) is 5.75 Å². The van der Waals surface area contributed by atoms with Gasteiger partial charge in [-0.1, -0.05) is 42.1 Å². The van der Waals surface area contributed by atoms with Gasteiger partial charge < -0.3 is 14.5 Å². The van der Waals surface area contributed by atoms with Gasteiger partial charge in [-0.3, -0.25) is 9.36 Å². The van der Waals surface area contributed by atoms with E-state index in [0.717, 1.165) is 0 Å². The zero-order valence-corrected chi connectivity index (χ0v) is 17.1. The summed E-state index contributed by atoms with van der Waals surface area (Å²) >= 11 is 1.32. The Balaban J connectivity index is 1.42. The molecule has 0 radical (unpaired) electrons. The zero-order chi connectivity index (χ0) is 20.8. The van der Waals surface area contributed by atoms with E-state index in [2.05, 4.69) is 15.5 Å². The summed E-state index contributed by atoms with van der Waals surface area (Å²) in [5.74, 6) is 2.61. The lowest BCUT2D eigenvalue weighted by Crippen LogP contribution is -2.15. The Morgan fingerprint density at radius 3 is 2.63 bits per heavy atom. The van der Waals surface area contributed by atoms with Crippen LogP contribution >= 0.6 is 11.8 Å². The first-order chi connectivity index (χ1) is 14.7. The van der Waals surface area contributed by atoms with E-state index in [0.29, 0.717) is 40.5 Å². The summed E-state index contributed by atoms with van der Waals surface area (Å²) in [5.41, 5.74) is 0.611. The first-order valence-electron chi connectivity index (χ1n) is 9.46. The average Bonchev–Trinajstić information content (AvgIpc) is 3.44. The second-order valence-electron chi connectivity index (χ2n) is 6.28. The highest BCUT2D eigenvalue weighted by molar-refractivity contribution is 7.99. The fourth-order valence-corrected chi connectivity index (χ4v) is 3.66. The van der Waals surface area contributed by atoms with Gasteiger partial charge in [0.15, 0.2) is 22.5 Å². The highest BCUT2D eigenvalue weighted by Gasteiger charge is 2.17. The van der Waals surface area contributed by atoms with Gasteiger partial charge in [0.25, 0.3) is 0 Å². The molecule has 7 nitrogen and oxygen atoms in total. The maximum absolute atomic E-state index is 12.6. The van der Waals surface area contributed by atoms with Crippen LogP contribution in [0, 0.1) is 0 Å². The molecular formula is C22H20N4O3S. The average molecular weight is 420 g/mol. The SMILES string of the molecule is CCn1c(SCC(=O)Nc2ccccc2Oc2ccccc2)nnc1-c1ccco1. The molecule has 2 heterocycles. The summed E-state index contributed by atoms with van der Waals surface area (Å²) in [6, 6.07) is 20.4. The number of amides is 1. The van der Waals surface area contributed by atoms with Crippen molar-refractivity contribution in [3.05, 3.63) is 73.0 Å². The van der Waals surface area contributed by atoms with Crippen molar-refractivity contribution in [2.45, 2.75) is 18.6 Å². The number of thioether (sulfide) groups is 1. The molecule has 4 aromatic rings. The molecular weight excluding hydrogens is 400 g/mol. The summed E-state index contributed by atoms with van der Waals surface area (Å²) in [6.45, 7) is 2.66. The Morgan fingerprint density at radius 1 is 1.07 bits per heavy atom. The second-order valence-corrected chi connectivity index (χ2v) is 7.22. The summed E-state index contributed by atoms with van der Waals surface area (Å²) in [5, 5.41) is 12.0. The molecule has 1 amide bonds. The topological polar surface area (TPSA) is 82.2 Å². The van der Waals surface area contributed by atoms with E-state index < -0.39 is 0 Å². The van der Waals surface area contributed by atoms with E-state index >= 15 is 0 Å². The van der Waals surface area contributed by atoms with Crippen LogP contribution in [-0.2, 0) is 11.3 Å². The molecule has 152 valence electrons. The largest absolute Gasteiger partial charge is 0.461 e. The number of carbonyl (C=O) groups excluding carboxylic acids is 1. The number of ether oxygens (including phenoxy) is 1. The normalized spacial score (nSPS) is 10.7. The fourth-order valence-electron chi connectivity index (χ4n) is 2.86. The molecule has 0 unspecified atom stereocenters. The van der Waals surface area contributed by atoms with Gasteiger partial charge in [-0.2, -0.15) is 0 Å². The third-order valence-electron chi connectivity index (χ3n) is 4.24. The Morgan fingerprint density at radius 2 is 1.87 bits per heavy atom. The molecule has 2 aromatic carbocycles. The minimum atomic E-state index is -0.158. The van der Waals surface area contributed by atoms with Gasteiger partial charge in [0, 0.05) is 6.54 Å². The van der Waals surface area contributed by atoms with Crippen molar-refractivity contribution in [2.75, 3.05) is 11.1 Å². The predicted octanol–water partition coefficient (Wildman–Crippen LogP) is 5.08. The highest BCUT2D eigenvalue weighted by Crippen LogP contribution is 2.30. The maximum atomic E-state index is 12.6. The molecule has 0 saturated carbocycles. The van der Waals surface area contributed by atoms with Crippen LogP contribution in [0.25, 0.3) is 11.6 Å². The number of carbonyl (C=O) groups is 1. The van der Waals surface area contributed by atoms with E-state index in [4.69, 9.17) is 9.15 Å². The minimum Gasteiger partial charge on any atom is -0.461 e. The summed E-state index contributed by atoms with van der Waals surface area (Å²) in [6.07, 6.45) is 1.60. The second kappa shape index (κ2) is 9.32. The zero-order valence-electron chi connectivity index (χ0n) is 16.3. The first-order valence-corrected chi connectivity index (χ1v) is 10.4. The summed E-state index contributed by atoms with van der Waals surface area (Å²) in [4.78, 5) is 12.6. The van der Waals surface area contributed by atoms with Crippen molar-refractivity contribution in [1.29, 1.82) is 0 Å². The lowest BCUT2D eigenvalue weighted by molar-refractivity contribution is -0.113. The van der Waals surface area contributed by atoms with Gasteiger partial charge in [0.2, 0.25) is 5.91 Å². The van der Waals surface area contributed by atoms with Crippen molar-refractivity contribution in [3.63, 3.8) is 0 Å². The van der Waals surface area contributed by atoms with Crippen molar-refractivity contribution >= 4 is 23.4 Å². The van der Waals surface area contributed by atoms with Crippen LogP contribution in [0.15, 0.2) is 82.6 Å². The van der Waals surface area contributed by atoms with Crippen molar-refractivity contribution in [1.82, 2.24) is 14.8 Å². The lowest BCUT2D eigenvalue weighted by Gasteiger charge is -2.12. The number of nitrogens with zero attached hydrogens (tertiary/aromatic N) is 3. The van der Waals surface area contributed by atoms with E-state index in [1.54, 1.807) is 12.3 Å². The molecule has 30 heavy (non-hydrogen) atoms. The smallest absolute Gasteiger partial charge is 0.234 e. The van der Waals surface area contributed by atoms with Crippen molar-refractivity contribution in [2.24, 2.45) is 0 Å². The Kier molecular flexibility index (Phi) is 6.14. The Bertz CT molecular complexity index is 1110. The molecule has 2 aromatic heterocycles. The van der Waals surface area contributed by atoms with Crippen LogP contribution in [0.1, 0.15) is 6.92 Å². The van der Waals surface area contributed by atoms with E-state index in [1.807, 2.05) is 72.2 Å². The monoisotopic (exact) mass is 420 g/mol. The van der Waals surface area contributed by atoms with Gasteiger partial charge in [-0.25, -0.2) is 0 Å². The quantitative estimate of drug-likeness (QED) is 0.400. The first kappa shape index (κ1) is 19.8. The van der Waals surface area contributed by atoms with Gasteiger partial charge >= 0.3 is 0 Å². The molecule has 0 atom stereocenters. The van der Waals surface area contributed by atoms with Gasteiger partial charge in [-0.05, 0) is 43.3 Å². The number of hydrogen-bond acceptors (Lipinski definition) is 6. The van der Waals surface area contributed by atoms with E-state index in [-0.39, 0.29) is 11.7 Å². The third kappa shape index (κ3) is 4.55. The number of aromatic nitrogens is 3. The lowest BCUT2D eigenvalue weighted by atomic mass is 10.3. The number of anilines is 1. The molecule has 4 rings (SSSR count). The molecule has 0 aliphatic carbocycles. The summed E-state index contributed by atoms with van der Waals surface area (Å²) < 4.78 is 13.2. The molecule has 0 spiro atoms. The maximum Gasteiger partial charge on any atom is 0.234 e. The number of benzene rings is 2. The predicted molar refractivity (Wildman–Crippen MR) is 116 cm³/mol. The molecule has 0 aliphatic rings. The van der Waals surface area contributed by atoms with Crippen LogP contribution in [0.4, 0.5) is 5.69 Å². The molecule has 0 bridgehead atoms. The number of rotatable bonds is 8. The molecule has 8 heteroatoms. The van der Waals surface area contributed by atoms with E-state index in [1.165, 1.54) is 11.8 Å². The number of hydrogen-bond donors (Lipinski definition) is 1. The van der Waals surface area contributed by atoms with Crippen LogP contribution < -0.4 is 10.1 Å². The molecule has 0 aliphatic heterocycles. The number of furan rings is 1. The summed E-state index contributed by atoms with van der Waals surface area (Å²) in [7, 11) is 0. The van der Waals surface area contributed by atoms with E-state index in [9.17, 15) is 4.79 Å². The number of para-hydroxylation sites is 3. The molecule has 1 N–H and O–H groups in total. The van der Waals surface area contributed by atoms with Crippen molar-refractivity contribution in [3.8, 4) is 23.1 Å². The highest BCUT2D eigenvalue weighted by atomic mass is 32.2.